The van der Waals surface area contributed by atoms with Gasteiger partial charge in [0.05, 0.1) is 19.7 Å². The molecule has 0 bridgehead atoms. The van der Waals surface area contributed by atoms with E-state index in [1.807, 2.05) is 37.6 Å². The fraction of sp³-hybridized carbons (Fsp3) is 0.875. The van der Waals surface area contributed by atoms with Gasteiger partial charge in [0, 0.05) is 33.3 Å². The van der Waals surface area contributed by atoms with E-state index in [0.717, 1.165) is 45.0 Å². The first-order valence-electron chi connectivity index (χ1n) is 8.45. The maximum Gasteiger partial charge on any atom is 0.242 e. The van der Waals surface area contributed by atoms with Crippen molar-refractivity contribution in [3.05, 3.63) is 0 Å². The van der Waals surface area contributed by atoms with Crippen molar-refractivity contribution in [2.24, 2.45) is 4.99 Å². The molecule has 0 saturated heterocycles. The molecular formula is C16H35IN4O2. The number of nitrogens with one attached hydrogen (secondary N) is 1. The van der Waals surface area contributed by atoms with E-state index in [9.17, 15) is 4.79 Å². The van der Waals surface area contributed by atoms with Gasteiger partial charge in [-0.25, -0.2) is 0 Å². The first-order chi connectivity index (χ1) is 10.6. The van der Waals surface area contributed by atoms with E-state index in [1.165, 1.54) is 0 Å². The Morgan fingerprint density at radius 3 is 2.30 bits per heavy atom. The molecule has 23 heavy (non-hydrogen) atoms. The molecule has 0 unspecified atom stereocenters. The summed E-state index contributed by atoms with van der Waals surface area (Å²) in [6.07, 6.45) is 2.23. The van der Waals surface area contributed by atoms with Crippen LogP contribution in [0.25, 0.3) is 0 Å². The third-order valence-electron chi connectivity index (χ3n) is 3.32. The summed E-state index contributed by atoms with van der Waals surface area (Å²) in [4.78, 5) is 20.4. The van der Waals surface area contributed by atoms with Crippen molar-refractivity contribution in [3.8, 4) is 0 Å². The normalized spacial score (nSPS) is 10.9. The third-order valence-corrected chi connectivity index (χ3v) is 3.32. The Balaban J connectivity index is 0. The van der Waals surface area contributed by atoms with Gasteiger partial charge in [0.25, 0.3) is 0 Å². The van der Waals surface area contributed by atoms with Crippen LogP contribution in [0.15, 0.2) is 4.99 Å². The number of carbonyl (C=O) groups is 1. The van der Waals surface area contributed by atoms with E-state index >= 15 is 0 Å². The molecule has 7 heteroatoms. The Labute approximate surface area is 159 Å². The lowest BCUT2D eigenvalue weighted by atomic mass is 10.4. The minimum atomic E-state index is 0. The molecule has 0 aromatic heterocycles. The van der Waals surface area contributed by atoms with E-state index < -0.39 is 0 Å². The summed E-state index contributed by atoms with van der Waals surface area (Å²) >= 11 is 0. The van der Waals surface area contributed by atoms with E-state index in [0.29, 0.717) is 19.7 Å². The number of hydrogen-bond acceptors (Lipinski definition) is 3. The van der Waals surface area contributed by atoms with Crippen LogP contribution in [0, 0.1) is 0 Å². The first kappa shape index (κ1) is 24.7. The van der Waals surface area contributed by atoms with Crippen molar-refractivity contribution in [1.29, 1.82) is 0 Å². The topological polar surface area (TPSA) is 57.2 Å². The minimum absolute atomic E-state index is 0. The number of ether oxygens (including phenoxy) is 1. The lowest BCUT2D eigenvalue weighted by Crippen LogP contribution is -2.45. The van der Waals surface area contributed by atoms with Gasteiger partial charge in [-0.2, -0.15) is 0 Å². The number of aliphatic imine (C=N–C) groups is 1. The fourth-order valence-electron chi connectivity index (χ4n) is 1.99. The minimum Gasteiger partial charge on any atom is -0.380 e. The smallest absolute Gasteiger partial charge is 0.242 e. The molecule has 0 saturated carbocycles. The maximum atomic E-state index is 12.1. The van der Waals surface area contributed by atoms with Crippen LogP contribution in [0.1, 0.15) is 40.5 Å². The van der Waals surface area contributed by atoms with Gasteiger partial charge in [-0.1, -0.05) is 13.3 Å². The fourth-order valence-corrected chi connectivity index (χ4v) is 1.99. The molecule has 0 radical (unpaired) electrons. The SMILES string of the molecule is CCCCOCCN=C(NCC)N(C)CC(=O)N(CC)CC.I. The highest BCUT2D eigenvalue weighted by molar-refractivity contribution is 14.0. The predicted octanol–water partition coefficient (Wildman–Crippen LogP) is 2.19. The quantitative estimate of drug-likeness (QED) is 0.231. The summed E-state index contributed by atoms with van der Waals surface area (Å²) in [7, 11) is 1.89. The Morgan fingerprint density at radius 1 is 1.13 bits per heavy atom. The highest BCUT2D eigenvalue weighted by Crippen LogP contribution is 1.94. The number of amides is 1. The molecule has 6 nitrogen and oxygen atoms in total. The van der Waals surface area contributed by atoms with Crippen LogP contribution in [-0.2, 0) is 9.53 Å². The largest absolute Gasteiger partial charge is 0.380 e. The maximum absolute atomic E-state index is 12.1. The van der Waals surface area contributed by atoms with Crippen LogP contribution >= 0.6 is 24.0 Å². The molecule has 0 fully saturated rings. The summed E-state index contributed by atoms with van der Waals surface area (Å²) in [6.45, 7) is 12.8. The van der Waals surface area contributed by atoms with Crippen molar-refractivity contribution >= 4 is 35.8 Å². The molecule has 0 heterocycles. The number of nitrogens with zero attached hydrogens (tertiary/aromatic N) is 3. The molecule has 0 aliphatic rings. The number of halogens is 1. The molecule has 0 spiro atoms. The van der Waals surface area contributed by atoms with Crippen molar-refractivity contribution in [2.45, 2.75) is 40.5 Å². The number of hydrogen-bond donors (Lipinski definition) is 1. The van der Waals surface area contributed by atoms with Crippen molar-refractivity contribution in [3.63, 3.8) is 0 Å². The molecule has 0 aromatic rings. The van der Waals surface area contributed by atoms with Crippen molar-refractivity contribution < 1.29 is 9.53 Å². The van der Waals surface area contributed by atoms with Crippen LogP contribution in [0.2, 0.25) is 0 Å². The van der Waals surface area contributed by atoms with Gasteiger partial charge in [0.2, 0.25) is 5.91 Å². The Kier molecular flexibility index (Phi) is 17.5. The van der Waals surface area contributed by atoms with Crippen LogP contribution in [0.5, 0.6) is 0 Å². The Bertz CT molecular complexity index is 323. The van der Waals surface area contributed by atoms with Crippen LogP contribution in [0.4, 0.5) is 0 Å². The zero-order valence-electron chi connectivity index (χ0n) is 15.4. The van der Waals surface area contributed by atoms with Gasteiger partial charge in [-0.05, 0) is 27.2 Å². The lowest BCUT2D eigenvalue weighted by Gasteiger charge is -2.25. The first-order valence-corrected chi connectivity index (χ1v) is 8.45. The lowest BCUT2D eigenvalue weighted by molar-refractivity contribution is -0.131. The predicted molar refractivity (Wildman–Crippen MR) is 108 cm³/mol. The summed E-state index contributed by atoms with van der Waals surface area (Å²) < 4.78 is 5.51. The van der Waals surface area contributed by atoms with E-state index in [4.69, 9.17) is 4.74 Å². The van der Waals surface area contributed by atoms with E-state index in [2.05, 4.69) is 17.2 Å². The standard InChI is InChI=1S/C16H34N4O2.HI/c1-6-10-12-22-13-11-18-16(17-7-2)19(5)14-15(21)20(8-3)9-4;/h6-14H2,1-5H3,(H,17,18);1H. The number of likely N-dealkylation sites (N-methyl/N-ethyl adjacent to an activating group) is 2. The summed E-state index contributed by atoms with van der Waals surface area (Å²) in [5, 5.41) is 3.21. The van der Waals surface area contributed by atoms with Gasteiger partial charge in [0.1, 0.15) is 0 Å². The zero-order valence-corrected chi connectivity index (χ0v) is 17.8. The zero-order chi connectivity index (χ0) is 16.8. The molecule has 0 aliphatic carbocycles. The molecule has 138 valence electrons. The van der Waals surface area contributed by atoms with Gasteiger partial charge in [-0.15, -0.1) is 24.0 Å². The summed E-state index contributed by atoms with van der Waals surface area (Å²) in [5.74, 6) is 0.874. The second-order valence-electron chi connectivity index (χ2n) is 5.12. The molecule has 0 rings (SSSR count). The Morgan fingerprint density at radius 2 is 1.78 bits per heavy atom. The molecule has 0 aliphatic heterocycles. The van der Waals surface area contributed by atoms with Gasteiger partial charge < -0.3 is 19.9 Å². The molecular weight excluding hydrogens is 407 g/mol. The molecule has 1 amide bonds. The van der Waals surface area contributed by atoms with Gasteiger partial charge >= 0.3 is 0 Å². The summed E-state index contributed by atoms with van der Waals surface area (Å²) in [5.41, 5.74) is 0. The van der Waals surface area contributed by atoms with Gasteiger partial charge in [-0.3, -0.25) is 9.79 Å². The highest BCUT2D eigenvalue weighted by atomic mass is 127. The second-order valence-corrected chi connectivity index (χ2v) is 5.12. The number of guanidine groups is 1. The summed E-state index contributed by atoms with van der Waals surface area (Å²) in [6, 6.07) is 0. The number of unbranched alkanes of at least 4 members (excludes halogenated alkanes) is 1. The number of rotatable bonds is 11. The van der Waals surface area contributed by atoms with Gasteiger partial charge in [0.15, 0.2) is 5.96 Å². The van der Waals surface area contributed by atoms with Crippen LogP contribution in [-0.4, -0.2) is 74.7 Å². The average Bonchev–Trinajstić information content (AvgIpc) is 2.50. The van der Waals surface area contributed by atoms with Crippen LogP contribution in [0.3, 0.4) is 0 Å². The van der Waals surface area contributed by atoms with E-state index in [-0.39, 0.29) is 29.9 Å². The van der Waals surface area contributed by atoms with E-state index in [1.54, 1.807) is 0 Å². The third kappa shape index (κ3) is 11.6. The molecule has 1 N–H and O–H groups in total. The molecule has 0 aromatic carbocycles. The Hall–Kier alpha value is -0.570. The number of carbonyl (C=O) groups excluding carboxylic acids is 1. The average molecular weight is 442 g/mol. The second kappa shape index (κ2) is 16.3. The van der Waals surface area contributed by atoms with Crippen molar-refractivity contribution in [2.75, 3.05) is 53.0 Å². The molecule has 0 atom stereocenters. The van der Waals surface area contributed by atoms with Crippen molar-refractivity contribution in [1.82, 2.24) is 15.1 Å². The highest BCUT2D eigenvalue weighted by Gasteiger charge is 2.14. The monoisotopic (exact) mass is 442 g/mol. The van der Waals surface area contributed by atoms with Crippen LogP contribution < -0.4 is 5.32 Å².